The maximum Gasteiger partial charge on any atom is 0.193 e. The number of aliphatic hydroxyl groups excluding tert-OH is 1. The van der Waals surface area contributed by atoms with Crippen molar-refractivity contribution >= 4 is 34.7 Å². The molecule has 4 rings (SSSR count). The van der Waals surface area contributed by atoms with Gasteiger partial charge >= 0.3 is 0 Å². The van der Waals surface area contributed by atoms with Crippen LogP contribution in [0.15, 0.2) is 72.8 Å². The van der Waals surface area contributed by atoms with Crippen molar-refractivity contribution in [1.82, 2.24) is 4.90 Å². The molecule has 5 nitrogen and oxygen atoms in total. The largest absolute Gasteiger partial charge is 0.491 e. The van der Waals surface area contributed by atoms with Gasteiger partial charge in [-0.15, -0.1) is 0 Å². The van der Waals surface area contributed by atoms with Gasteiger partial charge in [-0.05, 0) is 66.7 Å². The summed E-state index contributed by atoms with van der Waals surface area (Å²) in [4.78, 5) is 17.1. The number of carbonyl (C=O) groups excluding carboxylic acids is 1. The number of ketones is 1. The van der Waals surface area contributed by atoms with Gasteiger partial charge in [-0.2, -0.15) is 0 Å². The SMILES string of the molecule is O=C(c1ccc(Cl)cc1)c1ccc(OC[C@H](O)CN2CCN(c3cccc(Cl)c3)CC2)cc1. The van der Waals surface area contributed by atoms with Crippen LogP contribution in [0.25, 0.3) is 0 Å². The maximum atomic E-state index is 12.5. The summed E-state index contributed by atoms with van der Waals surface area (Å²) in [6.07, 6.45) is -0.599. The van der Waals surface area contributed by atoms with Crippen LogP contribution in [0.1, 0.15) is 15.9 Å². The third-order valence-corrected chi connectivity index (χ3v) is 6.17. The molecule has 0 saturated carbocycles. The Morgan fingerprint density at radius 2 is 1.52 bits per heavy atom. The molecule has 3 aromatic carbocycles. The topological polar surface area (TPSA) is 53.0 Å². The minimum Gasteiger partial charge on any atom is -0.491 e. The lowest BCUT2D eigenvalue weighted by molar-refractivity contribution is 0.0663. The number of piperazine rings is 1. The highest BCUT2D eigenvalue weighted by molar-refractivity contribution is 6.31. The summed E-state index contributed by atoms with van der Waals surface area (Å²) in [5.74, 6) is 0.544. The van der Waals surface area contributed by atoms with Crippen molar-refractivity contribution in [2.45, 2.75) is 6.10 Å². The number of hydrogen-bond donors (Lipinski definition) is 1. The summed E-state index contributed by atoms with van der Waals surface area (Å²) >= 11 is 12.0. The summed E-state index contributed by atoms with van der Waals surface area (Å²) in [6.45, 7) is 4.25. The van der Waals surface area contributed by atoms with Crippen LogP contribution in [0.4, 0.5) is 5.69 Å². The Morgan fingerprint density at radius 3 is 2.15 bits per heavy atom. The average molecular weight is 485 g/mol. The van der Waals surface area contributed by atoms with Crippen molar-refractivity contribution in [3.05, 3.63) is 94.0 Å². The van der Waals surface area contributed by atoms with Gasteiger partial charge in [0.15, 0.2) is 5.78 Å². The zero-order valence-corrected chi connectivity index (χ0v) is 19.7. The Labute approximate surface area is 204 Å². The number of ether oxygens (including phenoxy) is 1. The molecule has 0 radical (unpaired) electrons. The fourth-order valence-electron chi connectivity index (χ4n) is 3.88. The second-order valence-corrected chi connectivity index (χ2v) is 8.97. The van der Waals surface area contributed by atoms with E-state index >= 15 is 0 Å². The molecular weight excluding hydrogens is 459 g/mol. The van der Waals surface area contributed by atoms with Crippen LogP contribution >= 0.6 is 23.2 Å². The maximum absolute atomic E-state index is 12.5. The minimum absolute atomic E-state index is 0.0739. The Kier molecular flexibility index (Phi) is 7.89. The molecule has 0 aliphatic carbocycles. The summed E-state index contributed by atoms with van der Waals surface area (Å²) in [6, 6.07) is 21.7. The third-order valence-electron chi connectivity index (χ3n) is 5.68. The first kappa shape index (κ1) is 23.6. The lowest BCUT2D eigenvalue weighted by Gasteiger charge is -2.36. The number of rotatable bonds is 8. The van der Waals surface area contributed by atoms with E-state index in [9.17, 15) is 9.90 Å². The van der Waals surface area contributed by atoms with Crippen LogP contribution < -0.4 is 9.64 Å². The van der Waals surface area contributed by atoms with Crippen LogP contribution in [-0.4, -0.2) is 61.2 Å². The van der Waals surface area contributed by atoms with Gasteiger partial charge in [0.1, 0.15) is 18.5 Å². The highest BCUT2D eigenvalue weighted by atomic mass is 35.5. The Hall–Kier alpha value is -2.57. The van der Waals surface area contributed by atoms with Gasteiger partial charge in [0.25, 0.3) is 0 Å². The van der Waals surface area contributed by atoms with E-state index in [4.69, 9.17) is 27.9 Å². The van der Waals surface area contributed by atoms with E-state index in [2.05, 4.69) is 15.9 Å². The second kappa shape index (κ2) is 11.0. The molecule has 0 aromatic heterocycles. The zero-order chi connectivity index (χ0) is 23.2. The molecule has 3 aromatic rings. The molecule has 1 aliphatic rings. The zero-order valence-electron chi connectivity index (χ0n) is 18.2. The van der Waals surface area contributed by atoms with Crippen LogP contribution in [-0.2, 0) is 0 Å². The first-order valence-electron chi connectivity index (χ1n) is 10.9. The van der Waals surface area contributed by atoms with Gasteiger partial charge in [0.2, 0.25) is 0 Å². The van der Waals surface area contributed by atoms with Crippen molar-refractivity contribution in [2.75, 3.05) is 44.2 Å². The Bertz CT molecular complexity index is 1070. The van der Waals surface area contributed by atoms with E-state index in [1.165, 1.54) is 0 Å². The van der Waals surface area contributed by atoms with Crippen molar-refractivity contribution < 1.29 is 14.6 Å². The molecule has 33 heavy (non-hydrogen) atoms. The standard InChI is InChI=1S/C26H26Cl2N2O3/c27-21-8-4-19(5-9-21)26(32)20-6-10-25(11-7-20)33-18-24(31)17-29-12-14-30(15-13-29)23-3-1-2-22(28)16-23/h1-11,16,24,31H,12-15,17-18H2/t24-/m1/s1. The smallest absolute Gasteiger partial charge is 0.193 e. The molecule has 1 heterocycles. The van der Waals surface area contributed by atoms with E-state index in [1.54, 1.807) is 48.5 Å². The lowest BCUT2D eigenvalue weighted by atomic mass is 10.0. The van der Waals surface area contributed by atoms with E-state index in [0.717, 1.165) is 36.9 Å². The summed E-state index contributed by atoms with van der Waals surface area (Å²) in [7, 11) is 0. The van der Waals surface area contributed by atoms with Crippen LogP contribution in [0.2, 0.25) is 10.0 Å². The molecule has 1 saturated heterocycles. The molecule has 7 heteroatoms. The van der Waals surface area contributed by atoms with E-state index in [1.807, 2.05) is 18.2 Å². The Balaban J connectivity index is 1.22. The van der Waals surface area contributed by atoms with Crippen molar-refractivity contribution in [3.8, 4) is 5.75 Å². The number of hydrogen-bond acceptors (Lipinski definition) is 5. The van der Waals surface area contributed by atoms with Crippen LogP contribution in [0, 0.1) is 0 Å². The van der Waals surface area contributed by atoms with Crippen LogP contribution in [0.3, 0.4) is 0 Å². The molecule has 1 aliphatic heterocycles. The number of halogens is 2. The Morgan fingerprint density at radius 1 is 0.879 bits per heavy atom. The van der Waals surface area contributed by atoms with E-state index < -0.39 is 6.10 Å². The monoisotopic (exact) mass is 484 g/mol. The van der Waals surface area contributed by atoms with Gasteiger partial charge < -0.3 is 14.7 Å². The number of aliphatic hydroxyl groups is 1. The van der Waals surface area contributed by atoms with Crippen molar-refractivity contribution in [2.24, 2.45) is 0 Å². The predicted molar refractivity (Wildman–Crippen MR) is 133 cm³/mol. The molecule has 0 spiro atoms. The molecule has 1 fully saturated rings. The molecule has 0 unspecified atom stereocenters. The average Bonchev–Trinajstić information content (AvgIpc) is 2.84. The van der Waals surface area contributed by atoms with Crippen LogP contribution in [0.5, 0.6) is 5.75 Å². The van der Waals surface area contributed by atoms with Gasteiger partial charge in [-0.25, -0.2) is 0 Å². The molecule has 0 amide bonds. The molecule has 1 atom stereocenters. The first-order chi connectivity index (χ1) is 16.0. The first-order valence-corrected chi connectivity index (χ1v) is 11.7. The number of anilines is 1. The fourth-order valence-corrected chi connectivity index (χ4v) is 4.19. The van der Waals surface area contributed by atoms with Gasteiger partial charge in [-0.1, -0.05) is 29.3 Å². The summed E-state index contributed by atoms with van der Waals surface area (Å²) < 4.78 is 5.74. The molecule has 172 valence electrons. The summed E-state index contributed by atoms with van der Waals surface area (Å²) in [5, 5.41) is 11.8. The fraction of sp³-hybridized carbons (Fsp3) is 0.269. The number of β-amino-alcohol motifs (C(OH)–C–C–N with tert-alkyl or cyclic N) is 1. The molecule has 1 N–H and O–H groups in total. The van der Waals surface area contributed by atoms with E-state index in [-0.39, 0.29) is 12.4 Å². The minimum atomic E-state index is -0.599. The lowest BCUT2D eigenvalue weighted by Crippen LogP contribution is -2.49. The highest BCUT2D eigenvalue weighted by Crippen LogP contribution is 2.21. The van der Waals surface area contributed by atoms with Crippen molar-refractivity contribution in [3.63, 3.8) is 0 Å². The van der Waals surface area contributed by atoms with Gasteiger partial charge in [0.05, 0.1) is 0 Å². The molecular formula is C26H26Cl2N2O3. The number of nitrogens with zero attached hydrogens (tertiary/aromatic N) is 2. The summed E-state index contributed by atoms with van der Waals surface area (Å²) in [5.41, 5.74) is 2.28. The van der Waals surface area contributed by atoms with E-state index in [0.29, 0.717) is 28.4 Å². The predicted octanol–water partition coefficient (Wildman–Crippen LogP) is 4.79. The second-order valence-electron chi connectivity index (χ2n) is 8.09. The van der Waals surface area contributed by atoms with Gasteiger partial charge in [0, 0.05) is 59.6 Å². The number of carbonyl (C=O) groups is 1. The quantitative estimate of drug-likeness (QED) is 0.466. The number of benzene rings is 3. The third kappa shape index (κ3) is 6.49. The van der Waals surface area contributed by atoms with Gasteiger partial charge in [-0.3, -0.25) is 9.69 Å². The normalized spacial score (nSPS) is 15.3. The van der Waals surface area contributed by atoms with Crippen molar-refractivity contribution in [1.29, 1.82) is 0 Å². The highest BCUT2D eigenvalue weighted by Gasteiger charge is 2.20. The molecule has 0 bridgehead atoms.